The number of aromatic nitrogens is 2. The van der Waals surface area contributed by atoms with E-state index in [1.165, 1.54) is 0 Å². The van der Waals surface area contributed by atoms with Gasteiger partial charge in [0, 0.05) is 23.2 Å². The van der Waals surface area contributed by atoms with Crippen molar-refractivity contribution in [3.05, 3.63) is 73.1 Å². The molecule has 0 saturated carbocycles. The van der Waals surface area contributed by atoms with Crippen LogP contribution in [0.15, 0.2) is 73.1 Å². The van der Waals surface area contributed by atoms with E-state index in [2.05, 4.69) is 51.5 Å². The molecule has 0 N–H and O–H groups in total. The van der Waals surface area contributed by atoms with Gasteiger partial charge in [0.1, 0.15) is 11.5 Å². The van der Waals surface area contributed by atoms with Gasteiger partial charge in [0.25, 0.3) is 0 Å². The lowest BCUT2D eigenvalue weighted by Gasteiger charge is -2.34. The summed E-state index contributed by atoms with van der Waals surface area (Å²) in [4.78, 5) is 8.82. The number of para-hydroxylation sites is 2. The first-order chi connectivity index (χ1) is 18.1. The Labute approximate surface area is 229 Å². The fourth-order valence-electron chi connectivity index (χ4n) is 4.21. The highest BCUT2D eigenvalue weighted by Gasteiger charge is 2.31. The van der Waals surface area contributed by atoms with Gasteiger partial charge in [-0.05, 0) is 60.1 Å². The van der Waals surface area contributed by atoms with Gasteiger partial charge in [-0.2, -0.15) is 0 Å². The quantitative estimate of drug-likeness (QED) is 0.173. The van der Waals surface area contributed by atoms with Crippen molar-refractivity contribution < 1.29 is 18.1 Å². The summed E-state index contributed by atoms with van der Waals surface area (Å²) in [5.74, 6) is 1.58. The van der Waals surface area contributed by atoms with E-state index in [0.717, 1.165) is 46.1 Å². The number of nitrogens with zero attached hydrogens (tertiary/aromatic N) is 2. The molecule has 4 atom stereocenters. The van der Waals surface area contributed by atoms with Gasteiger partial charge in [0.2, 0.25) is 18.1 Å². The fraction of sp³-hybridized carbons (Fsp3) is 0.400. The second kappa shape index (κ2) is 12.7. The van der Waals surface area contributed by atoms with E-state index in [9.17, 15) is 0 Å². The van der Waals surface area contributed by atoms with Crippen molar-refractivity contribution in [3.63, 3.8) is 0 Å². The number of rotatable bonds is 11. The normalized spacial score (nSPS) is 14.6. The summed E-state index contributed by atoms with van der Waals surface area (Å²) in [5.41, 5.74) is 1.73. The molecule has 202 valence electrons. The second-order valence-corrected chi connectivity index (χ2v) is 12.8. The lowest BCUT2D eigenvalue weighted by molar-refractivity contribution is 0.0427. The van der Waals surface area contributed by atoms with Crippen molar-refractivity contribution in [3.8, 4) is 11.5 Å². The lowest BCUT2D eigenvalue weighted by Crippen LogP contribution is -2.32. The molecule has 8 heteroatoms. The number of pyridine rings is 2. The predicted molar refractivity (Wildman–Crippen MR) is 159 cm³/mol. The largest absolute Gasteiger partial charge is 0.449 e. The molecule has 2 aromatic heterocycles. The molecule has 38 heavy (non-hydrogen) atoms. The average Bonchev–Trinajstić information content (AvgIpc) is 2.88. The van der Waals surface area contributed by atoms with E-state index in [-0.39, 0.29) is 41.1 Å². The van der Waals surface area contributed by atoms with Crippen LogP contribution in [0.3, 0.4) is 0 Å². The molecule has 2 aromatic carbocycles. The second-order valence-electron chi connectivity index (χ2n) is 11.5. The first kappa shape index (κ1) is 28.6. The summed E-state index contributed by atoms with van der Waals surface area (Å²) < 4.78 is 24.8. The van der Waals surface area contributed by atoms with Gasteiger partial charge < -0.3 is 18.1 Å². The number of hydrogen-bond acceptors (Lipinski definition) is 6. The zero-order valence-electron chi connectivity index (χ0n) is 23.0. The van der Waals surface area contributed by atoms with Crippen LogP contribution in [0.25, 0.3) is 21.8 Å². The molecular formula is C30H38N2O4P2. The number of hydrogen-bond donors (Lipinski definition) is 0. The molecule has 0 saturated heterocycles. The summed E-state index contributed by atoms with van der Waals surface area (Å²) in [6.45, 7) is 13.2. The Morgan fingerprint density at radius 3 is 1.39 bits per heavy atom. The SMILES string of the molecule is CC(C)(C)C(CCC(OPOc1ccnc2ccccc12)C(C)(C)C)OPOc1ccnc2ccccc12. The summed E-state index contributed by atoms with van der Waals surface area (Å²) in [5, 5.41) is 1.98. The monoisotopic (exact) mass is 552 g/mol. The Hall–Kier alpha value is -2.36. The third-order valence-electron chi connectivity index (χ3n) is 6.52. The van der Waals surface area contributed by atoms with E-state index < -0.39 is 0 Å². The molecule has 0 bridgehead atoms. The highest BCUT2D eigenvalue weighted by molar-refractivity contribution is 7.27. The molecule has 4 aromatic rings. The van der Waals surface area contributed by atoms with Gasteiger partial charge in [-0.3, -0.25) is 9.97 Å². The van der Waals surface area contributed by atoms with Gasteiger partial charge in [0.15, 0.2) is 0 Å². The molecule has 0 spiro atoms. The standard InChI is InChI=1S/C30H38N2O4P2/c1-29(2,3)27(35-37-33-25-17-19-31-23-13-9-7-11-21(23)25)15-16-28(30(4,5)6)36-38-34-26-18-20-32-24-14-10-8-12-22(24)26/h7-14,17-20,27-28,37-38H,15-16H2,1-6H3. The molecular weight excluding hydrogens is 514 g/mol. The van der Waals surface area contributed by atoms with Crippen LogP contribution in [0.4, 0.5) is 0 Å². The van der Waals surface area contributed by atoms with Crippen LogP contribution in [0.1, 0.15) is 54.4 Å². The molecule has 2 heterocycles. The van der Waals surface area contributed by atoms with Crippen molar-refractivity contribution in [1.29, 1.82) is 0 Å². The molecule has 4 unspecified atom stereocenters. The minimum atomic E-state index is -0.108. The summed E-state index contributed by atoms with van der Waals surface area (Å²) in [6.07, 6.45) is 5.26. The lowest BCUT2D eigenvalue weighted by atomic mass is 9.81. The van der Waals surface area contributed by atoms with Crippen LogP contribution in [0.5, 0.6) is 11.5 Å². The van der Waals surface area contributed by atoms with Crippen LogP contribution in [-0.2, 0) is 9.05 Å². The van der Waals surface area contributed by atoms with Crippen LogP contribution in [0.2, 0.25) is 0 Å². The van der Waals surface area contributed by atoms with E-state index in [0.29, 0.717) is 0 Å². The molecule has 0 aliphatic rings. The maximum absolute atomic E-state index is 6.34. The van der Waals surface area contributed by atoms with Crippen molar-refractivity contribution in [1.82, 2.24) is 9.97 Å². The Balaban J connectivity index is 1.34. The maximum atomic E-state index is 6.34. The minimum Gasteiger partial charge on any atom is -0.449 e. The van der Waals surface area contributed by atoms with Gasteiger partial charge in [-0.1, -0.05) is 65.8 Å². The van der Waals surface area contributed by atoms with Gasteiger partial charge in [-0.15, -0.1) is 0 Å². The Morgan fingerprint density at radius 2 is 1.00 bits per heavy atom. The van der Waals surface area contributed by atoms with Crippen LogP contribution in [0, 0.1) is 10.8 Å². The van der Waals surface area contributed by atoms with Gasteiger partial charge >= 0.3 is 0 Å². The summed E-state index contributed by atoms with van der Waals surface area (Å²) in [6, 6.07) is 19.7. The van der Waals surface area contributed by atoms with Gasteiger partial charge in [0.05, 0.1) is 23.2 Å². The molecule has 0 aliphatic carbocycles. The third kappa shape index (κ3) is 7.61. The third-order valence-corrected chi connectivity index (χ3v) is 7.89. The van der Waals surface area contributed by atoms with E-state index in [4.69, 9.17) is 18.1 Å². The molecule has 4 rings (SSSR count). The van der Waals surface area contributed by atoms with Crippen molar-refractivity contribution in [2.75, 3.05) is 0 Å². The summed E-state index contributed by atoms with van der Waals surface area (Å²) >= 11 is 0. The first-order valence-corrected chi connectivity index (χ1v) is 14.6. The zero-order valence-corrected chi connectivity index (χ0v) is 25.0. The van der Waals surface area contributed by atoms with Crippen molar-refractivity contribution >= 4 is 39.9 Å². The molecule has 6 nitrogen and oxygen atoms in total. The number of benzene rings is 2. The predicted octanol–water partition coefficient (Wildman–Crippen LogP) is 8.90. The van der Waals surface area contributed by atoms with Crippen LogP contribution in [-0.4, -0.2) is 22.2 Å². The van der Waals surface area contributed by atoms with Crippen molar-refractivity contribution in [2.24, 2.45) is 10.8 Å². The van der Waals surface area contributed by atoms with E-state index in [1.54, 1.807) is 12.4 Å². The van der Waals surface area contributed by atoms with Gasteiger partial charge in [-0.25, -0.2) is 0 Å². The highest BCUT2D eigenvalue weighted by atomic mass is 31.1. The van der Waals surface area contributed by atoms with Crippen LogP contribution >= 0.6 is 18.1 Å². The maximum Gasteiger partial charge on any atom is 0.215 e. The summed E-state index contributed by atoms with van der Waals surface area (Å²) in [7, 11) is -0.216. The van der Waals surface area contributed by atoms with E-state index >= 15 is 0 Å². The topological polar surface area (TPSA) is 62.7 Å². The fourth-order valence-corrected chi connectivity index (χ4v) is 6.02. The molecule has 0 amide bonds. The smallest absolute Gasteiger partial charge is 0.215 e. The Kier molecular flexibility index (Phi) is 9.54. The molecule has 0 radical (unpaired) electrons. The average molecular weight is 553 g/mol. The Bertz CT molecular complexity index is 1220. The minimum absolute atomic E-state index is 0.00998. The zero-order chi connectivity index (χ0) is 27.2. The molecule has 0 aliphatic heterocycles. The first-order valence-electron chi connectivity index (χ1n) is 13.0. The molecule has 0 fully saturated rings. The number of fused-ring (bicyclic) bond motifs is 2. The highest BCUT2D eigenvalue weighted by Crippen LogP contribution is 2.39. The van der Waals surface area contributed by atoms with Crippen LogP contribution < -0.4 is 9.05 Å². The Morgan fingerprint density at radius 1 is 0.605 bits per heavy atom. The van der Waals surface area contributed by atoms with E-state index in [1.807, 2.05) is 60.7 Å². The van der Waals surface area contributed by atoms with Crippen molar-refractivity contribution in [2.45, 2.75) is 66.6 Å².